The minimum absolute atomic E-state index is 0.0508. The van der Waals surface area contributed by atoms with E-state index >= 15 is 0 Å². The van der Waals surface area contributed by atoms with Crippen molar-refractivity contribution in [2.45, 2.75) is 39.0 Å². The Balaban J connectivity index is 1.41. The van der Waals surface area contributed by atoms with Crippen molar-refractivity contribution in [2.24, 2.45) is 0 Å². The average Bonchev–Trinajstić information content (AvgIpc) is 3.17. The van der Waals surface area contributed by atoms with Crippen LogP contribution in [0.15, 0.2) is 59.1 Å². The highest BCUT2D eigenvalue weighted by molar-refractivity contribution is 5.98. The second-order valence-corrected chi connectivity index (χ2v) is 9.17. The Bertz CT molecular complexity index is 1320. The lowest BCUT2D eigenvalue weighted by molar-refractivity contribution is -0.130. The molecule has 1 aliphatic heterocycles. The van der Waals surface area contributed by atoms with Gasteiger partial charge in [-0.25, -0.2) is 9.37 Å². The van der Waals surface area contributed by atoms with Crippen LogP contribution < -0.4 is 4.90 Å². The molecule has 2 aromatic carbocycles. The fraction of sp³-hybridized carbons (Fsp3) is 0.357. The van der Waals surface area contributed by atoms with Gasteiger partial charge in [0.1, 0.15) is 28.5 Å². The van der Waals surface area contributed by atoms with E-state index in [0.29, 0.717) is 25.3 Å². The van der Waals surface area contributed by atoms with E-state index in [1.54, 1.807) is 12.1 Å². The van der Waals surface area contributed by atoms with E-state index in [0.717, 1.165) is 66.1 Å². The van der Waals surface area contributed by atoms with Gasteiger partial charge in [-0.1, -0.05) is 61.0 Å². The van der Waals surface area contributed by atoms with Crippen molar-refractivity contribution in [1.82, 2.24) is 20.0 Å². The van der Waals surface area contributed by atoms with Crippen LogP contribution in [0, 0.1) is 5.82 Å². The molecule has 186 valence electrons. The van der Waals surface area contributed by atoms with E-state index < -0.39 is 0 Å². The molecule has 5 rings (SSSR count). The van der Waals surface area contributed by atoms with Crippen LogP contribution >= 0.6 is 0 Å². The minimum Gasteiger partial charge on any atom is -0.354 e. The third kappa shape index (κ3) is 5.22. The van der Waals surface area contributed by atoms with Crippen molar-refractivity contribution < 1.29 is 13.7 Å². The number of benzene rings is 2. The van der Waals surface area contributed by atoms with Gasteiger partial charge >= 0.3 is 0 Å². The highest BCUT2D eigenvalue weighted by Crippen LogP contribution is 2.34. The summed E-state index contributed by atoms with van der Waals surface area (Å²) in [6, 6.07) is 16.1. The van der Waals surface area contributed by atoms with Crippen LogP contribution in [0.1, 0.15) is 37.6 Å². The third-order valence-corrected chi connectivity index (χ3v) is 6.58. The zero-order chi connectivity index (χ0) is 24.9. The van der Waals surface area contributed by atoms with Crippen LogP contribution in [0.5, 0.6) is 0 Å². The SMILES string of the molecule is CCCCc1nc(N2CCCN(C(=O)Cc3ccc(F)cc3)CC2)c2c(-c3ccccc3)noc2n1. The van der Waals surface area contributed by atoms with Crippen LogP contribution in [0.4, 0.5) is 10.2 Å². The zero-order valence-corrected chi connectivity index (χ0v) is 20.5. The smallest absolute Gasteiger partial charge is 0.263 e. The lowest BCUT2D eigenvalue weighted by atomic mass is 10.1. The standard InChI is InChI=1S/C28H30FN5O2/c1-2-3-10-23-30-27(25-26(32-36-28(25)31-23)21-8-5-4-6-9-21)34-16-7-15-33(17-18-34)24(35)19-20-11-13-22(29)14-12-20/h4-6,8-9,11-14H,2-3,7,10,15-19H2,1H3. The summed E-state index contributed by atoms with van der Waals surface area (Å²) in [7, 11) is 0. The van der Waals surface area contributed by atoms with Crippen molar-refractivity contribution in [3.05, 3.63) is 71.8 Å². The van der Waals surface area contributed by atoms with Crippen molar-refractivity contribution in [3.63, 3.8) is 0 Å². The Labute approximate surface area is 209 Å². The van der Waals surface area contributed by atoms with E-state index in [-0.39, 0.29) is 18.1 Å². The molecule has 1 fully saturated rings. The molecule has 1 aliphatic rings. The van der Waals surface area contributed by atoms with Crippen LogP contribution in [0.2, 0.25) is 0 Å². The Morgan fingerprint density at radius 2 is 1.81 bits per heavy atom. The van der Waals surface area contributed by atoms with Crippen molar-refractivity contribution in [2.75, 3.05) is 31.1 Å². The maximum absolute atomic E-state index is 13.2. The van der Waals surface area contributed by atoms with Gasteiger partial charge < -0.3 is 14.3 Å². The molecule has 4 aromatic rings. The van der Waals surface area contributed by atoms with Crippen LogP contribution in [-0.4, -0.2) is 52.1 Å². The number of carbonyl (C=O) groups is 1. The number of amides is 1. The Kier molecular flexibility index (Phi) is 7.21. The molecular weight excluding hydrogens is 457 g/mol. The van der Waals surface area contributed by atoms with Crippen molar-refractivity contribution in [3.8, 4) is 11.3 Å². The number of carbonyl (C=O) groups excluding carboxylic acids is 1. The van der Waals surface area contributed by atoms with Gasteiger partial charge in [0.2, 0.25) is 5.91 Å². The molecule has 8 heteroatoms. The molecule has 7 nitrogen and oxygen atoms in total. The summed E-state index contributed by atoms with van der Waals surface area (Å²) in [6.07, 6.45) is 3.91. The van der Waals surface area contributed by atoms with Gasteiger partial charge in [0, 0.05) is 38.2 Å². The molecule has 0 saturated carbocycles. The number of aryl methyl sites for hydroxylation is 1. The van der Waals surface area contributed by atoms with E-state index in [1.807, 2.05) is 35.2 Å². The summed E-state index contributed by atoms with van der Waals surface area (Å²) in [5, 5.41) is 5.18. The van der Waals surface area contributed by atoms with Gasteiger partial charge in [-0.15, -0.1) is 0 Å². The minimum atomic E-state index is -0.297. The van der Waals surface area contributed by atoms with E-state index in [2.05, 4.69) is 22.0 Å². The van der Waals surface area contributed by atoms with E-state index in [4.69, 9.17) is 9.51 Å². The maximum Gasteiger partial charge on any atom is 0.263 e. The van der Waals surface area contributed by atoms with Gasteiger partial charge in [0.25, 0.3) is 5.71 Å². The summed E-state index contributed by atoms with van der Waals surface area (Å²) >= 11 is 0. The average molecular weight is 488 g/mol. The van der Waals surface area contributed by atoms with E-state index in [9.17, 15) is 9.18 Å². The molecule has 0 N–H and O–H groups in total. The fourth-order valence-electron chi connectivity index (χ4n) is 4.62. The first-order valence-electron chi connectivity index (χ1n) is 12.6. The second-order valence-electron chi connectivity index (χ2n) is 9.17. The molecule has 1 saturated heterocycles. The summed E-state index contributed by atoms with van der Waals surface area (Å²) in [6.45, 7) is 4.81. The highest BCUT2D eigenvalue weighted by Gasteiger charge is 2.25. The zero-order valence-electron chi connectivity index (χ0n) is 20.5. The normalized spacial score (nSPS) is 14.3. The van der Waals surface area contributed by atoms with Gasteiger partial charge in [0.05, 0.1) is 6.42 Å². The van der Waals surface area contributed by atoms with Gasteiger partial charge in [-0.2, -0.15) is 4.98 Å². The van der Waals surface area contributed by atoms with Crippen LogP contribution in [-0.2, 0) is 17.6 Å². The number of halogens is 1. The first-order valence-corrected chi connectivity index (χ1v) is 12.6. The lowest BCUT2D eigenvalue weighted by Gasteiger charge is -2.24. The predicted octanol–water partition coefficient (Wildman–Crippen LogP) is 5.05. The molecule has 0 atom stereocenters. The maximum atomic E-state index is 13.2. The molecule has 0 spiro atoms. The van der Waals surface area contributed by atoms with Crippen LogP contribution in [0.25, 0.3) is 22.4 Å². The molecule has 0 aliphatic carbocycles. The number of fused-ring (bicyclic) bond motifs is 1. The fourth-order valence-corrected chi connectivity index (χ4v) is 4.62. The molecule has 3 heterocycles. The monoisotopic (exact) mass is 487 g/mol. The first kappa shape index (κ1) is 23.9. The number of nitrogens with zero attached hydrogens (tertiary/aromatic N) is 5. The largest absolute Gasteiger partial charge is 0.354 e. The molecule has 0 bridgehead atoms. The molecule has 1 amide bonds. The Morgan fingerprint density at radius 3 is 2.58 bits per heavy atom. The predicted molar refractivity (Wildman–Crippen MR) is 137 cm³/mol. The number of unbranched alkanes of at least 4 members (excludes halogenated alkanes) is 1. The van der Waals surface area contributed by atoms with Crippen molar-refractivity contribution in [1.29, 1.82) is 0 Å². The molecule has 0 radical (unpaired) electrons. The first-order chi connectivity index (χ1) is 17.6. The number of hydrogen-bond donors (Lipinski definition) is 0. The number of hydrogen-bond acceptors (Lipinski definition) is 6. The Morgan fingerprint density at radius 1 is 1.00 bits per heavy atom. The third-order valence-electron chi connectivity index (χ3n) is 6.58. The summed E-state index contributed by atoms with van der Waals surface area (Å²) in [4.78, 5) is 26.8. The summed E-state index contributed by atoms with van der Waals surface area (Å²) < 4.78 is 18.9. The number of rotatable bonds is 7. The second kappa shape index (κ2) is 10.8. The topological polar surface area (TPSA) is 75.4 Å². The Hall–Kier alpha value is -3.81. The summed E-state index contributed by atoms with van der Waals surface area (Å²) in [5.74, 6) is 1.33. The molecular formula is C28H30FN5O2. The van der Waals surface area contributed by atoms with Crippen LogP contribution in [0.3, 0.4) is 0 Å². The number of anilines is 1. The number of aromatic nitrogens is 3. The quantitative estimate of drug-likeness (QED) is 0.363. The lowest BCUT2D eigenvalue weighted by Crippen LogP contribution is -2.36. The molecule has 0 unspecified atom stereocenters. The highest BCUT2D eigenvalue weighted by atomic mass is 19.1. The summed E-state index contributed by atoms with van der Waals surface area (Å²) in [5.41, 5.74) is 3.00. The molecule has 2 aromatic heterocycles. The van der Waals surface area contributed by atoms with Gasteiger partial charge in [-0.3, -0.25) is 4.79 Å². The van der Waals surface area contributed by atoms with Crippen molar-refractivity contribution >= 4 is 22.8 Å². The van der Waals surface area contributed by atoms with Gasteiger partial charge in [-0.05, 0) is 30.5 Å². The molecule has 36 heavy (non-hydrogen) atoms. The van der Waals surface area contributed by atoms with Gasteiger partial charge in [0.15, 0.2) is 0 Å². The van der Waals surface area contributed by atoms with E-state index in [1.165, 1.54) is 12.1 Å².